The maximum Gasteiger partial charge on any atom is 0.244 e. The molecule has 0 spiro atoms. The van der Waals surface area contributed by atoms with Crippen molar-refractivity contribution in [2.75, 3.05) is 42.7 Å². The molecule has 0 unspecified atom stereocenters. The standard InChI is InChI=1S/C24H27N5O3S/c1-32-20-8-6-19(7-9-20)29(23(31)17-10-12-26-13-11-17)14-22(30)27-18-4-2-16(3-5-18)21-15-33-24(25)28-21/h2-9,15,17,26H,10-14H2,1H3,(H2,25,28)(H,27,30). The number of methoxy groups -OCH3 is 1. The van der Waals surface area contributed by atoms with Gasteiger partial charge in [-0.3, -0.25) is 9.59 Å². The summed E-state index contributed by atoms with van der Waals surface area (Å²) in [5.41, 5.74) is 8.75. The van der Waals surface area contributed by atoms with Gasteiger partial charge in [-0.15, -0.1) is 11.3 Å². The largest absolute Gasteiger partial charge is 0.497 e. The Morgan fingerprint density at radius 1 is 1.15 bits per heavy atom. The Morgan fingerprint density at radius 2 is 1.85 bits per heavy atom. The number of hydrogen-bond acceptors (Lipinski definition) is 7. The Morgan fingerprint density at radius 3 is 2.45 bits per heavy atom. The van der Waals surface area contributed by atoms with E-state index in [2.05, 4.69) is 15.6 Å². The van der Waals surface area contributed by atoms with Gasteiger partial charge < -0.3 is 26.0 Å². The molecule has 1 fully saturated rings. The summed E-state index contributed by atoms with van der Waals surface area (Å²) in [6, 6.07) is 14.6. The zero-order valence-corrected chi connectivity index (χ0v) is 19.2. The van der Waals surface area contributed by atoms with Crippen molar-refractivity contribution in [3.63, 3.8) is 0 Å². The van der Waals surface area contributed by atoms with Crippen LogP contribution < -0.4 is 26.0 Å². The van der Waals surface area contributed by atoms with Gasteiger partial charge in [0.05, 0.1) is 12.8 Å². The number of amides is 2. The maximum atomic E-state index is 13.3. The van der Waals surface area contributed by atoms with E-state index in [0.29, 0.717) is 22.3 Å². The van der Waals surface area contributed by atoms with Crippen molar-refractivity contribution in [1.82, 2.24) is 10.3 Å². The summed E-state index contributed by atoms with van der Waals surface area (Å²) in [7, 11) is 1.59. The fourth-order valence-corrected chi connectivity index (χ4v) is 4.41. The molecule has 8 nitrogen and oxygen atoms in total. The molecule has 4 N–H and O–H groups in total. The number of nitrogens with one attached hydrogen (secondary N) is 2. The van der Waals surface area contributed by atoms with Gasteiger partial charge in [-0.2, -0.15) is 0 Å². The molecule has 4 rings (SSSR count). The zero-order chi connectivity index (χ0) is 23.2. The number of aromatic nitrogens is 1. The van der Waals surface area contributed by atoms with Gasteiger partial charge in [0, 0.05) is 28.2 Å². The first-order chi connectivity index (χ1) is 16.0. The molecular weight excluding hydrogens is 438 g/mol. The third-order valence-electron chi connectivity index (χ3n) is 5.63. The molecule has 1 aliphatic heterocycles. The van der Waals surface area contributed by atoms with Crippen LogP contribution in [0.15, 0.2) is 53.9 Å². The Bertz CT molecular complexity index is 1090. The van der Waals surface area contributed by atoms with Crippen LogP contribution in [0, 0.1) is 5.92 Å². The number of hydrogen-bond donors (Lipinski definition) is 3. The summed E-state index contributed by atoms with van der Waals surface area (Å²) < 4.78 is 5.23. The van der Waals surface area contributed by atoms with Crippen LogP contribution in [-0.2, 0) is 9.59 Å². The summed E-state index contributed by atoms with van der Waals surface area (Å²) in [5.74, 6) is 0.289. The van der Waals surface area contributed by atoms with Gasteiger partial charge in [0.1, 0.15) is 12.3 Å². The van der Waals surface area contributed by atoms with Gasteiger partial charge >= 0.3 is 0 Å². The van der Waals surface area contributed by atoms with Crippen LogP contribution in [-0.4, -0.2) is 43.5 Å². The SMILES string of the molecule is COc1ccc(N(CC(=O)Nc2ccc(-c3csc(N)n3)cc2)C(=O)C2CCNCC2)cc1. The minimum Gasteiger partial charge on any atom is -0.497 e. The molecule has 9 heteroatoms. The first kappa shape index (κ1) is 22.8. The molecule has 172 valence electrons. The van der Waals surface area contributed by atoms with Gasteiger partial charge in [-0.1, -0.05) is 12.1 Å². The molecular formula is C24H27N5O3S. The highest BCUT2D eigenvalue weighted by Gasteiger charge is 2.28. The van der Waals surface area contributed by atoms with E-state index in [1.165, 1.54) is 11.3 Å². The van der Waals surface area contributed by atoms with Crippen LogP contribution in [0.3, 0.4) is 0 Å². The highest BCUT2D eigenvalue weighted by atomic mass is 32.1. The van der Waals surface area contributed by atoms with Crippen LogP contribution in [0.4, 0.5) is 16.5 Å². The Hall–Kier alpha value is -3.43. The average Bonchev–Trinajstić information content (AvgIpc) is 3.29. The lowest BCUT2D eigenvalue weighted by molar-refractivity contribution is -0.125. The summed E-state index contributed by atoms with van der Waals surface area (Å²) in [6.07, 6.45) is 1.52. The molecule has 3 aromatic rings. The predicted molar refractivity (Wildman–Crippen MR) is 132 cm³/mol. The lowest BCUT2D eigenvalue weighted by atomic mass is 9.96. The van der Waals surface area contributed by atoms with Crippen LogP contribution in [0.25, 0.3) is 11.3 Å². The molecule has 0 saturated carbocycles. The molecule has 0 aliphatic carbocycles. The van der Waals surface area contributed by atoms with Gasteiger partial charge in [0.25, 0.3) is 0 Å². The van der Waals surface area contributed by atoms with E-state index in [4.69, 9.17) is 10.5 Å². The van der Waals surface area contributed by atoms with Crippen molar-refractivity contribution in [2.24, 2.45) is 5.92 Å². The summed E-state index contributed by atoms with van der Waals surface area (Å²) in [4.78, 5) is 32.0. The number of nitrogens with zero attached hydrogens (tertiary/aromatic N) is 2. The third kappa shape index (κ3) is 5.68. The van der Waals surface area contributed by atoms with E-state index >= 15 is 0 Å². The highest BCUT2D eigenvalue weighted by molar-refractivity contribution is 7.13. The van der Waals surface area contributed by atoms with Gasteiger partial charge in [-0.25, -0.2) is 4.98 Å². The quantitative estimate of drug-likeness (QED) is 0.494. The molecule has 33 heavy (non-hydrogen) atoms. The smallest absolute Gasteiger partial charge is 0.244 e. The molecule has 0 radical (unpaired) electrons. The van der Waals surface area contributed by atoms with Gasteiger partial charge in [-0.05, 0) is 62.3 Å². The number of piperidine rings is 1. The Labute approximate surface area is 196 Å². The second-order valence-corrected chi connectivity index (χ2v) is 8.73. The number of thiazole rings is 1. The molecule has 2 aromatic carbocycles. The number of nitrogens with two attached hydrogens (primary N) is 1. The van der Waals surface area contributed by atoms with Gasteiger partial charge in [0.15, 0.2) is 5.13 Å². The minimum atomic E-state index is -0.265. The van der Waals surface area contributed by atoms with E-state index in [-0.39, 0.29) is 24.3 Å². The van der Waals surface area contributed by atoms with Crippen molar-refractivity contribution < 1.29 is 14.3 Å². The van der Waals surface area contributed by atoms with Crippen molar-refractivity contribution in [2.45, 2.75) is 12.8 Å². The summed E-state index contributed by atoms with van der Waals surface area (Å²) in [6.45, 7) is 1.53. The van der Waals surface area contributed by atoms with Crippen molar-refractivity contribution >= 4 is 39.7 Å². The minimum absolute atomic E-state index is 0.0340. The molecule has 0 atom stereocenters. The molecule has 1 aromatic heterocycles. The number of rotatable bonds is 7. The Kier molecular flexibility index (Phi) is 7.21. The normalized spacial score (nSPS) is 14.0. The number of nitrogen functional groups attached to an aromatic ring is 1. The fourth-order valence-electron chi connectivity index (χ4n) is 3.84. The lowest BCUT2D eigenvalue weighted by Gasteiger charge is -2.29. The molecule has 1 saturated heterocycles. The predicted octanol–water partition coefficient (Wildman–Crippen LogP) is 3.37. The molecule has 2 amide bonds. The monoisotopic (exact) mass is 465 g/mol. The first-order valence-corrected chi connectivity index (χ1v) is 11.7. The van der Waals surface area contributed by atoms with Gasteiger partial charge in [0.2, 0.25) is 11.8 Å². The second kappa shape index (κ2) is 10.5. The van der Waals surface area contributed by atoms with Crippen molar-refractivity contribution in [3.8, 4) is 17.0 Å². The number of carbonyl (C=O) groups excluding carboxylic acids is 2. The van der Waals surface area contributed by atoms with Crippen LogP contribution in [0.5, 0.6) is 5.75 Å². The number of ether oxygens (including phenoxy) is 1. The topological polar surface area (TPSA) is 110 Å². The van der Waals surface area contributed by atoms with E-state index in [0.717, 1.165) is 37.2 Å². The van der Waals surface area contributed by atoms with Crippen molar-refractivity contribution in [3.05, 3.63) is 53.9 Å². The molecule has 1 aliphatic rings. The van der Waals surface area contributed by atoms with Crippen LogP contribution >= 0.6 is 11.3 Å². The average molecular weight is 466 g/mol. The highest BCUT2D eigenvalue weighted by Crippen LogP contribution is 2.26. The van der Waals surface area contributed by atoms with Crippen molar-refractivity contribution in [1.29, 1.82) is 0 Å². The van der Waals surface area contributed by atoms with E-state index in [1.54, 1.807) is 36.3 Å². The molecule has 2 heterocycles. The number of anilines is 3. The second-order valence-electron chi connectivity index (χ2n) is 7.84. The summed E-state index contributed by atoms with van der Waals surface area (Å²) >= 11 is 1.38. The van der Waals surface area contributed by atoms with E-state index < -0.39 is 0 Å². The number of benzene rings is 2. The summed E-state index contributed by atoms with van der Waals surface area (Å²) in [5, 5.41) is 8.58. The zero-order valence-electron chi connectivity index (χ0n) is 18.4. The maximum absolute atomic E-state index is 13.3. The van der Waals surface area contributed by atoms with E-state index in [1.807, 2.05) is 29.6 Å². The van der Waals surface area contributed by atoms with Crippen LogP contribution in [0.2, 0.25) is 0 Å². The number of carbonyl (C=O) groups is 2. The molecule has 0 bridgehead atoms. The fraction of sp³-hybridized carbons (Fsp3) is 0.292. The lowest BCUT2D eigenvalue weighted by Crippen LogP contribution is -2.44. The Balaban J connectivity index is 1.47. The van der Waals surface area contributed by atoms with Crippen LogP contribution in [0.1, 0.15) is 12.8 Å². The first-order valence-electron chi connectivity index (χ1n) is 10.8. The van der Waals surface area contributed by atoms with E-state index in [9.17, 15) is 9.59 Å². The third-order valence-corrected chi connectivity index (χ3v) is 6.30.